The molecule has 43 heavy (non-hydrogen) atoms. The van der Waals surface area contributed by atoms with Gasteiger partial charge in [-0.2, -0.15) is 0 Å². The van der Waals surface area contributed by atoms with Crippen LogP contribution in [0.15, 0.2) is 153 Å². The molecule has 0 aromatic heterocycles. The van der Waals surface area contributed by atoms with Crippen LogP contribution < -0.4 is 0 Å². The van der Waals surface area contributed by atoms with Gasteiger partial charge >= 0.3 is 0 Å². The van der Waals surface area contributed by atoms with Gasteiger partial charge in [-0.3, -0.25) is 0 Å². The van der Waals surface area contributed by atoms with Gasteiger partial charge in [-0.1, -0.05) is 147 Å². The van der Waals surface area contributed by atoms with Gasteiger partial charge in [0.05, 0.1) is 0 Å². The number of benzene rings is 7. The summed E-state index contributed by atoms with van der Waals surface area (Å²) in [6, 6.07) is 49.5. The lowest BCUT2D eigenvalue weighted by atomic mass is 9.80. The molecular formula is C41H28S2. The second kappa shape index (κ2) is 9.38. The van der Waals surface area contributed by atoms with Crippen LogP contribution in [0.5, 0.6) is 0 Å². The van der Waals surface area contributed by atoms with Crippen molar-refractivity contribution in [3.63, 3.8) is 0 Å². The van der Waals surface area contributed by atoms with Crippen molar-refractivity contribution in [2.45, 2.75) is 38.8 Å². The average Bonchev–Trinajstić information content (AvgIpc) is 3.28. The van der Waals surface area contributed by atoms with Gasteiger partial charge in [-0.25, -0.2) is 0 Å². The third-order valence-electron chi connectivity index (χ3n) is 9.32. The maximum absolute atomic E-state index is 2.49. The predicted octanol–water partition coefficient (Wildman–Crippen LogP) is 12.2. The highest BCUT2D eigenvalue weighted by Crippen LogP contribution is 2.59. The Labute approximate surface area is 260 Å². The van der Waals surface area contributed by atoms with Crippen LogP contribution in [0.2, 0.25) is 0 Å². The normalized spacial score (nSPS) is 14.3. The quantitative estimate of drug-likeness (QED) is 0.185. The van der Waals surface area contributed by atoms with Gasteiger partial charge < -0.3 is 0 Å². The number of hydrogen-bond acceptors (Lipinski definition) is 2. The molecule has 1 aliphatic heterocycles. The number of fused-ring (bicyclic) bond motifs is 8. The monoisotopic (exact) mass is 584 g/mol. The largest absolute Gasteiger partial charge is 0.0877 e. The lowest BCUT2D eigenvalue weighted by Crippen LogP contribution is -2.15. The molecule has 7 aromatic rings. The Kier molecular flexibility index (Phi) is 5.51. The topological polar surface area (TPSA) is 0 Å². The van der Waals surface area contributed by atoms with Crippen molar-refractivity contribution in [2.24, 2.45) is 0 Å². The Morgan fingerprint density at radius 3 is 1.63 bits per heavy atom. The predicted molar refractivity (Wildman–Crippen MR) is 185 cm³/mol. The van der Waals surface area contributed by atoms with Gasteiger partial charge in [0.1, 0.15) is 0 Å². The van der Waals surface area contributed by atoms with Gasteiger partial charge in [-0.15, -0.1) is 0 Å². The molecule has 1 aliphatic carbocycles. The first-order chi connectivity index (χ1) is 21.1. The van der Waals surface area contributed by atoms with Crippen LogP contribution in [0.1, 0.15) is 25.0 Å². The van der Waals surface area contributed by atoms with Crippen LogP contribution in [-0.2, 0) is 5.41 Å². The second-order valence-electron chi connectivity index (χ2n) is 12.1. The van der Waals surface area contributed by atoms with Crippen molar-refractivity contribution in [3.8, 4) is 33.4 Å². The number of rotatable bonds is 2. The van der Waals surface area contributed by atoms with E-state index in [2.05, 4.69) is 147 Å². The molecule has 7 aromatic carbocycles. The highest BCUT2D eigenvalue weighted by Gasteiger charge is 2.39. The maximum Gasteiger partial charge on any atom is 0.0344 e. The lowest BCUT2D eigenvalue weighted by Gasteiger charge is -2.24. The van der Waals surface area contributed by atoms with Crippen molar-refractivity contribution in [1.82, 2.24) is 0 Å². The average molecular weight is 585 g/mol. The first kappa shape index (κ1) is 25.3. The molecule has 2 heteroatoms. The SMILES string of the molecule is CC1(C)c2cc(-c3c4ccccc4c(-c4ccccc4)c4ccccc34)ccc2-c2c1ccc1c2Sc2ccccc2S1. The molecule has 0 spiro atoms. The van der Waals surface area contributed by atoms with Crippen LogP contribution in [0.3, 0.4) is 0 Å². The summed E-state index contributed by atoms with van der Waals surface area (Å²) in [7, 11) is 0. The van der Waals surface area contributed by atoms with E-state index in [0.29, 0.717) is 0 Å². The zero-order valence-corrected chi connectivity index (χ0v) is 25.7. The van der Waals surface area contributed by atoms with Crippen LogP contribution in [0.4, 0.5) is 0 Å². The summed E-state index contributed by atoms with van der Waals surface area (Å²) in [6.45, 7) is 4.80. The molecule has 0 unspecified atom stereocenters. The fraction of sp³-hybridized carbons (Fsp3) is 0.0732. The summed E-state index contributed by atoms with van der Waals surface area (Å²) in [5.74, 6) is 0. The maximum atomic E-state index is 2.49. The molecule has 0 atom stereocenters. The molecule has 204 valence electrons. The van der Waals surface area contributed by atoms with E-state index in [0.717, 1.165) is 0 Å². The Bertz CT molecular complexity index is 2200. The zero-order chi connectivity index (χ0) is 28.7. The lowest BCUT2D eigenvalue weighted by molar-refractivity contribution is 0.659. The molecule has 0 saturated heterocycles. The first-order valence-electron chi connectivity index (χ1n) is 14.9. The van der Waals surface area contributed by atoms with Crippen molar-refractivity contribution in [3.05, 3.63) is 145 Å². The molecule has 0 radical (unpaired) electrons. The molecule has 0 fully saturated rings. The van der Waals surface area contributed by atoms with E-state index in [4.69, 9.17) is 0 Å². The minimum absolute atomic E-state index is 0.0898. The van der Waals surface area contributed by atoms with Gasteiger partial charge in [0.2, 0.25) is 0 Å². The van der Waals surface area contributed by atoms with Crippen molar-refractivity contribution in [2.75, 3.05) is 0 Å². The van der Waals surface area contributed by atoms with Crippen molar-refractivity contribution < 1.29 is 0 Å². The van der Waals surface area contributed by atoms with E-state index in [1.807, 2.05) is 23.5 Å². The fourth-order valence-corrected chi connectivity index (χ4v) is 9.72. The van der Waals surface area contributed by atoms with Gasteiger partial charge in [0.25, 0.3) is 0 Å². The van der Waals surface area contributed by atoms with Crippen LogP contribution in [0.25, 0.3) is 54.9 Å². The Balaban J connectivity index is 1.29. The van der Waals surface area contributed by atoms with E-state index in [1.165, 1.54) is 85.6 Å². The summed E-state index contributed by atoms with van der Waals surface area (Å²) in [5, 5.41) is 5.20. The smallest absolute Gasteiger partial charge is 0.0344 e. The molecule has 0 amide bonds. The third-order valence-corrected chi connectivity index (χ3v) is 11.9. The van der Waals surface area contributed by atoms with Crippen molar-refractivity contribution >= 4 is 45.1 Å². The van der Waals surface area contributed by atoms with E-state index in [9.17, 15) is 0 Å². The molecular weight excluding hydrogens is 557 g/mol. The summed E-state index contributed by atoms with van der Waals surface area (Å²) < 4.78 is 0. The molecule has 0 saturated carbocycles. The van der Waals surface area contributed by atoms with E-state index in [-0.39, 0.29) is 5.41 Å². The minimum atomic E-state index is -0.0898. The molecule has 0 bridgehead atoms. The fourth-order valence-electron chi connectivity index (χ4n) is 7.32. The van der Waals surface area contributed by atoms with Crippen LogP contribution >= 0.6 is 23.5 Å². The highest BCUT2D eigenvalue weighted by atomic mass is 32.2. The van der Waals surface area contributed by atoms with E-state index >= 15 is 0 Å². The standard InChI is InChI=1S/C41H28S2/c1-41(2)32-22-23-36-40(43-35-19-11-10-18-34(35)42-36)39(32)31-21-20-26(24-33(31)41)38-29-16-8-6-14-27(29)37(25-12-4-3-5-13-25)28-15-7-9-17-30(28)38/h3-24H,1-2H3. The Morgan fingerprint density at radius 2 is 0.977 bits per heavy atom. The molecule has 1 heterocycles. The summed E-state index contributed by atoms with van der Waals surface area (Å²) in [6.07, 6.45) is 0. The Hall–Kier alpha value is -4.24. The first-order valence-corrected chi connectivity index (χ1v) is 16.5. The highest BCUT2D eigenvalue weighted by molar-refractivity contribution is 8.05. The summed E-state index contributed by atoms with van der Waals surface area (Å²) >= 11 is 3.84. The van der Waals surface area contributed by atoms with Crippen LogP contribution in [0, 0.1) is 0 Å². The Morgan fingerprint density at radius 1 is 0.419 bits per heavy atom. The summed E-state index contributed by atoms with van der Waals surface area (Å²) in [4.78, 5) is 5.48. The zero-order valence-electron chi connectivity index (χ0n) is 24.0. The summed E-state index contributed by atoms with van der Waals surface area (Å²) in [5.41, 5.74) is 10.7. The van der Waals surface area contributed by atoms with Crippen molar-refractivity contribution in [1.29, 1.82) is 0 Å². The molecule has 0 N–H and O–H groups in total. The second-order valence-corrected chi connectivity index (χ2v) is 14.2. The number of hydrogen-bond donors (Lipinski definition) is 0. The third kappa shape index (κ3) is 3.67. The molecule has 0 nitrogen and oxygen atoms in total. The van der Waals surface area contributed by atoms with Crippen LogP contribution in [-0.4, -0.2) is 0 Å². The van der Waals surface area contributed by atoms with Gasteiger partial charge in [0, 0.05) is 30.6 Å². The van der Waals surface area contributed by atoms with Gasteiger partial charge in [0.15, 0.2) is 0 Å². The molecule has 9 rings (SSSR count). The van der Waals surface area contributed by atoms with E-state index < -0.39 is 0 Å². The van der Waals surface area contributed by atoms with E-state index in [1.54, 1.807) is 0 Å². The van der Waals surface area contributed by atoms with Gasteiger partial charge in [-0.05, 0) is 84.8 Å². The minimum Gasteiger partial charge on any atom is -0.0877 e. The molecule has 2 aliphatic rings.